The highest BCUT2D eigenvalue weighted by Crippen LogP contribution is 2.35. The van der Waals surface area contributed by atoms with Crippen LogP contribution in [0.5, 0.6) is 0 Å². The van der Waals surface area contributed by atoms with E-state index in [1.54, 1.807) is 0 Å². The second-order valence-corrected chi connectivity index (χ2v) is 7.65. The van der Waals surface area contributed by atoms with E-state index in [-0.39, 0.29) is 5.91 Å². The number of ether oxygens (including phenoxy) is 1. The topological polar surface area (TPSA) is 41.9 Å². The normalized spacial score (nSPS) is 19.3. The first kappa shape index (κ1) is 16.5. The van der Waals surface area contributed by atoms with E-state index in [4.69, 9.17) is 4.74 Å². The molecule has 0 bridgehead atoms. The molecule has 0 N–H and O–H groups in total. The number of rotatable bonds is 1. The zero-order valence-corrected chi connectivity index (χ0v) is 15.5. The molecule has 0 aliphatic carbocycles. The summed E-state index contributed by atoms with van der Waals surface area (Å²) < 4.78 is 5.40. The van der Waals surface area contributed by atoms with Crippen LogP contribution in [-0.2, 0) is 9.53 Å². The molecule has 2 aliphatic heterocycles. The van der Waals surface area contributed by atoms with Crippen molar-refractivity contribution in [3.8, 4) is 0 Å². The van der Waals surface area contributed by atoms with E-state index < -0.39 is 0 Å². The molecule has 1 amide bonds. The van der Waals surface area contributed by atoms with Gasteiger partial charge < -0.3 is 9.64 Å². The maximum Gasteiger partial charge on any atom is 0.286 e. The minimum absolute atomic E-state index is 0.154. The van der Waals surface area contributed by atoms with Crippen LogP contribution in [0.1, 0.15) is 5.56 Å². The summed E-state index contributed by atoms with van der Waals surface area (Å²) in [7, 11) is 0. The number of hydrogen-bond donors (Lipinski definition) is 0. The van der Waals surface area contributed by atoms with Gasteiger partial charge in [-0.3, -0.25) is 4.79 Å². The lowest BCUT2D eigenvalue weighted by Crippen LogP contribution is -2.38. The highest BCUT2D eigenvalue weighted by Gasteiger charge is 2.27. The van der Waals surface area contributed by atoms with Crippen LogP contribution in [0.15, 0.2) is 64.5 Å². The van der Waals surface area contributed by atoms with Crippen molar-refractivity contribution < 1.29 is 9.53 Å². The average molecular weight is 374 g/mol. The summed E-state index contributed by atoms with van der Waals surface area (Å²) in [6.45, 7) is 2.93. The minimum atomic E-state index is -0.154. The summed E-state index contributed by atoms with van der Waals surface area (Å²) in [6, 6.07) is 18.8. The molecule has 3 aromatic carbocycles. The van der Waals surface area contributed by atoms with Crippen LogP contribution in [-0.4, -0.2) is 42.3 Å². The van der Waals surface area contributed by atoms with E-state index in [1.807, 2.05) is 30.3 Å². The van der Waals surface area contributed by atoms with Crippen LogP contribution in [0.4, 0.5) is 0 Å². The molecule has 0 aromatic heterocycles. The summed E-state index contributed by atoms with van der Waals surface area (Å²) in [4.78, 5) is 19.7. The van der Waals surface area contributed by atoms with Crippen molar-refractivity contribution in [3.05, 3.63) is 65.1 Å². The van der Waals surface area contributed by atoms with Gasteiger partial charge in [0.15, 0.2) is 5.17 Å². The van der Waals surface area contributed by atoms with Gasteiger partial charge in [0.25, 0.3) is 5.91 Å². The molecule has 1 fully saturated rings. The van der Waals surface area contributed by atoms with Crippen molar-refractivity contribution in [2.45, 2.75) is 0 Å². The Morgan fingerprint density at radius 3 is 2.26 bits per heavy atom. The monoisotopic (exact) mass is 374 g/mol. The predicted molar refractivity (Wildman–Crippen MR) is 112 cm³/mol. The summed E-state index contributed by atoms with van der Waals surface area (Å²) in [5.41, 5.74) is 1.08. The number of hydrogen-bond acceptors (Lipinski definition) is 4. The summed E-state index contributed by atoms with van der Waals surface area (Å²) in [5.74, 6) is -0.154. The van der Waals surface area contributed by atoms with E-state index >= 15 is 0 Å². The second-order valence-electron chi connectivity index (χ2n) is 6.64. The molecule has 27 heavy (non-hydrogen) atoms. The molecule has 0 spiro atoms. The zero-order valence-electron chi connectivity index (χ0n) is 14.7. The highest BCUT2D eigenvalue weighted by atomic mass is 32.2. The first-order chi connectivity index (χ1) is 13.3. The standard InChI is InChI=1S/C22H18N2O2S/c25-21-20(27-22(23-21)24-9-11-26-12-10-24)14-19-17-7-3-1-5-15(17)13-16-6-2-4-8-18(16)19/h1-8,13-14H,9-12H2/b20-14-. The lowest BCUT2D eigenvalue weighted by Gasteiger charge is -2.27. The van der Waals surface area contributed by atoms with Gasteiger partial charge in [0.1, 0.15) is 0 Å². The Hall–Kier alpha value is -2.63. The Labute approximate surface area is 161 Å². The summed E-state index contributed by atoms with van der Waals surface area (Å²) in [6.07, 6.45) is 2.01. The number of aliphatic imine (C=N–C) groups is 1. The van der Waals surface area contributed by atoms with Crippen LogP contribution < -0.4 is 0 Å². The summed E-state index contributed by atoms with van der Waals surface area (Å²) >= 11 is 1.47. The molecule has 0 atom stereocenters. The van der Waals surface area contributed by atoms with E-state index in [0.717, 1.165) is 34.6 Å². The number of amidine groups is 1. The Balaban J connectivity index is 1.60. The number of thioether (sulfide) groups is 1. The van der Waals surface area contributed by atoms with Crippen molar-refractivity contribution in [2.75, 3.05) is 26.3 Å². The van der Waals surface area contributed by atoms with Gasteiger partial charge in [0.05, 0.1) is 18.1 Å². The largest absolute Gasteiger partial charge is 0.378 e. The SMILES string of the molecule is O=C1N=C(N2CCOCC2)S/C1=C\c1c2ccccc2cc2ccccc12. The molecular formula is C22H18N2O2S. The number of amides is 1. The Kier molecular flexibility index (Phi) is 4.19. The number of fused-ring (bicyclic) bond motifs is 2. The number of benzene rings is 3. The first-order valence-electron chi connectivity index (χ1n) is 9.05. The molecule has 1 saturated heterocycles. The summed E-state index contributed by atoms with van der Waals surface area (Å²) in [5, 5.41) is 5.44. The molecule has 134 valence electrons. The van der Waals surface area contributed by atoms with Crippen molar-refractivity contribution in [1.82, 2.24) is 4.90 Å². The van der Waals surface area contributed by atoms with Gasteiger partial charge >= 0.3 is 0 Å². The molecule has 0 saturated carbocycles. The van der Waals surface area contributed by atoms with E-state index in [2.05, 4.69) is 40.2 Å². The van der Waals surface area contributed by atoms with Crippen LogP contribution in [0.3, 0.4) is 0 Å². The fraction of sp³-hybridized carbons (Fsp3) is 0.182. The predicted octanol–water partition coefficient (Wildman–Crippen LogP) is 4.30. The molecule has 3 aromatic rings. The fourth-order valence-corrected chi connectivity index (χ4v) is 4.57. The third-order valence-electron chi connectivity index (χ3n) is 4.98. The van der Waals surface area contributed by atoms with Gasteiger partial charge in [-0.25, -0.2) is 0 Å². The van der Waals surface area contributed by atoms with Gasteiger partial charge in [0.2, 0.25) is 0 Å². The van der Waals surface area contributed by atoms with Crippen molar-refractivity contribution in [1.29, 1.82) is 0 Å². The minimum Gasteiger partial charge on any atom is -0.378 e. The van der Waals surface area contributed by atoms with Crippen molar-refractivity contribution in [2.24, 2.45) is 4.99 Å². The average Bonchev–Trinajstić information content (AvgIpc) is 3.09. The van der Waals surface area contributed by atoms with E-state index in [1.165, 1.54) is 22.5 Å². The van der Waals surface area contributed by atoms with Crippen LogP contribution in [0, 0.1) is 0 Å². The maximum atomic E-state index is 12.6. The molecular weight excluding hydrogens is 356 g/mol. The van der Waals surface area contributed by atoms with Crippen molar-refractivity contribution in [3.63, 3.8) is 0 Å². The molecule has 0 radical (unpaired) electrons. The maximum absolute atomic E-state index is 12.6. The van der Waals surface area contributed by atoms with E-state index in [9.17, 15) is 4.79 Å². The van der Waals surface area contributed by atoms with Crippen LogP contribution >= 0.6 is 11.8 Å². The number of carbonyl (C=O) groups excluding carboxylic acids is 1. The molecule has 4 nitrogen and oxygen atoms in total. The smallest absolute Gasteiger partial charge is 0.286 e. The third-order valence-corrected chi connectivity index (χ3v) is 6.02. The lowest BCUT2D eigenvalue weighted by molar-refractivity contribution is -0.113. The lowest BCUT2D eigenvalue weighted by atomic mass is 9.96. The third kappa shape index (κ3) is 3.03. The van der Waals surface area contributed by atoms with Gasteiger partial charge in [-0.2, -0.15) is 4.99 Å². The fourth-order valence-electron chi connectivity index (χ4n) is 3.62. The Morgan fingerprint density at radius 2 is 1.59 bits per heavy atom. The molecule has 2 heterocycles. The van der Waals surface area contributed by atoms with Crippen LogP contribution in [0.2, 0.25) is 0 Å². The quantitative estimate of drug-likeness (QED) is 0.471. The van der Waals surface area contributed by atoms with Crippen molar-refractivity contribution >= 4 is 50.5 Å². The molecule has 0 unspecified atom stereocenters. The number of nitrogens with zero attached hydrogens (tertiary/aromatic N) is 2. The first-order valence-corrected chi connectivity index (χ1v) is 9.87. The van der Waals surface area contributed by atoms with Gasteiger partial charge in [-0.1, -0.05) is 48.5 Å². The molecule has 2 aliphatic rings. The van der Waals surface area contributed by atoms with Gasteiger partial charge in [-0.15, -0.1) is 0 Å². The second kappa shape index (κ2) is 6.83. The zero-order chi connectivity index (χ0) is 18.2. The highest BCUT2D eigenvalue weighted by molar-refractivity contribution is 8.18. The Bertz CT molecular complexity index is 1060. The van der Waals surface area contributed by atoms with Crippen LogP contribution in [0.25, 0.3) is 27.6 Å². The van der Waals surface area contributed by atoms with Gasteiger partial charge in [0, 0.05) is 13.1 Å². The number of morpholine rings is 1. The molecule has 5 rings (SSSR count). The number of carbonyl (C=O) groups is 1. The van der Waals surface area contributed by atoms with Gasteiger partial charge in [-0.05, 0) is 51.0 Å². The molecule has 5 heteroatoms. The van der Waals surface area contributed by atoms with E-state index in [0.29, 0.717) is 18.1 Å². The Morgan fingerprint density at radius 1 is 0.963 bits per heavy atom.